The van der Waals surface area contributed by atoms with Crippen molar-refractivity contribution >= 4 is 27.6 Å². The topological polar surface area (TPSA) is 90.0 Å². The Kier molecular flexibility index (Phi) is 6.69. The Labute approximate surface area is 171 Å². The van der Waals surface area contributed by atoms with Gasteiger partial charge in [0.2, 0.25) is 9.84 Å². The van der Waals surface area contributed by atoms with Crippen molar-refractivity contribution in [2.24, 2.45) is 0 Å². The van der Waals surface area contributed by atoms with E-state index in [1.807, 2.05) is 6.92 Å². The van der Waals surface area contributed by atoms with Crippen molar-refractivity contribution in [1.29, 1.82) is 0 Å². The molecule has 0 spiro atoms. The zero-order chi connectivity index (χ0) is 21.8. The smallest absolute Gasteiger partial charge is 0.415 e. The summed E-state index contributed by atoms with van der Waals surface area (Å²) in [5.74, 6) is -0.632. The molecule has 0 N–H and O–H groups in total. The molecule has 0 fully saturated rings. The maximum atomic E-state index is 12.8. The van der Waals surface area contributed by atoms with E-state index >= 15 is 0 Å². The number of amides is 1. The molecule has 29 heavy (non-hydrogen) atoms. The number of ether oxygens (including phenoxy) is 2. The van der Waals surface area contributed by atoms with Crippen LogP contribution in [0.15, 0.2) is 58.3 Å². The zero-order valence-electron chi connectivity index (χ0n) is 17.1. The number of anilines is 1. The van der Waals surface area contributed by atoms with Gasteiger partial charge in [-0.2, -0.15) is 0 Å². The monoisotopic (exact) mass is 419 g/mol. The third-order valence-corrected chi connectivity index (χ3v) is 5.70. The first kappa shape index (κ1) is 22.4. The van der Waals surface area contributed by atoms with Crippen LogP contribution in [0.3, 0.4) is 0 Å². The second-order valence-electron chi connectivity index (χ2n) is 7.45. The van der Waals surface area contributed by atoms with E-state index in [0.29, 0.717) is 5.69 Å². The van der Waals surface area contributed by atoms with E-state index in [1.54, 1.807) is 45.0 Å². The molecule has 0 aliphatic carbocycles. The largest absolute Gasteiger partial charge is 0.468 e. The van der Waals surface area contributed by atoms with Crippen LogP contribution in [0, 0.1) is 6.92 Å². The lowest BCUT2D eigenvalue weighted by molar-refractivity contribution is -0.139. The molecule has 2 aromatic carbocycles. The summed E-state index contributed by atoms with van der Waals surface area (Å²) in [6.07, 6.45) is -0.739. The number of rotatable bonds is 5. The van der Waals surface area contributed by atoms with Crippen LogP contribution in [-0.2, 0) is 24.1 Å². The Morgan fingerprint density at radius 3 is 1.86 bits per heavy atom. The molecule has 7 nitrogen and oxygen atoms in total. The molecule has 0 aromatic heterocycles. The SMILES string of the molecule is COC(=O)CN(C(=O)OC(C)(C)C)c1ccc(S(=O)(=O)c2ccc(C)cc2)cc1. The Bertz CT molecular complexity index is 973. The fourth-order valence-electron chi connectivity index (χ4n) is 2.43. The van der Waals surface area contributed by atoms with Crippen LogP contribution in [0.4, 0.5) is 10.5 Å². The van der Waals surface area contributed by atoms with E-state index in [1.165, 1.54) is 31.4 Å². The number of carbonyl (C=O) groups excluding carboxylic acids is 2. The highest BCUT2D eigenvalue weighted by atomic mass is 32.2. The Hall–Kier alpha value is -2.87. The third kappa shape index (κ3) is 5.80. The van der Waals surface area contributed by atoms with Crippen molar-refractivity contribution in [2.75, 3.05) is 18.6 Å². The fourth-order valence-corrected chi connectivity index (χ4v) is 3.69. The minimum Gasteiger partial charge on any atom is -0.468 e. The number of nitrogens with zero attached hydrogens (tertiary/aromatic N) is 1. The summed E-state index contributed by atoms with van der Waals surface area (Å²) in [6, 6.07) is 12.2. The normalized spacial score (nSPS) is 11.6. The van der Waals surface area contributed by atoms with Crippen LogP contribution in [0.2, 0.25) is 0 Å². The highest BCUT2D eigenvalue weighted by molar-refractivity contribution is 7.91. The number of sulfone groups is 1. The van der Waals surface area contributed by atoms with Crippen molar-refractivity contribution in [3.63, 3.8) is 0 Å². The van der Waals surface area contributed by atoms with Crippen LogP contribution in [0.1, 0.15) is 26.3 Å². The lowest BCUT2D eigenvalue weighted by Crippen LogP contribution is -2.40. The Morgan fingerprint density at radius 2 is 1.41 bits per heavy atom. The van der Waals surface area contributed by atoms with E-state index in [0.717, 1.165) is 10.5 Å². The van der Waals surface area contributed by atoms with Gasteiger partial charge in [0, 0.05) is 5.69 Å². The first-order valence-electron chi connectivity index (χ1n) is 8.93. The van der Waals surface area contributed by atoms with Gasteiger partial charge in [-0.15, -0.1) is 0 Å². The minimum absolute atomic E-state index is 0.0762. The van der Waals surface area contributed by atoms with E-state index in [9.17, 15) is 18.0 Å². The molecule has 0 atom stereocenters. The molecule has 1 amide bonds. The summed E-state index contributed by atoms with van der Waals surface area (Å²) in [4.78, 5) is 25.6. The molecule has 8 heteroatoms. The Morgan fingerprint density at radius 1 is 0.931 bits per heavy atom. The van der Waals surface area contributed by atoms with Gasteiger partial charge in [-0.25, -0.2) is 13.2 Å². The van der Waals surface area contributed by atoms with Crippen molar-refractivity contribution in [3.05, 3.63) is 54.1 Å². The van der Waals surface area contributed by atoms with Gasteiger partial charge in [0.05, 0.1) is 16.9 Å². The summed E-state index contributed by atoms with van der Waals surface area (Å²) in [6.45, 7) is 6.63. The molecular weight excluding hydrogens is 394 g/mol. The van der Waals surface area contributed by atoms with E-state index in [2.05, 4.69) is 4.74 Å². The molecule has 0 radical (unpaired) electrons. The lowest BCUT2D eigenvalue weighted by atomic mass is 10.2. The van der Waals surface area contributed by atoms with Crippen LogP contribution in [0.25, 0.3) is 0 Å². The molecule has 0 unspecified atom stereocenters. The number of methoxy groups -OCH3 is 1. The zero-order valence-corrected chi connectivity index (χ0v) is 17.9. The number of benzene rings is 2. The van der Waals surface area contributed by atoms with E-state index in [-0.39, 0.29) is 16.3 Å². The Balaban J connectivity index is 2.35. The number of hydrogen-bond donors (Lipinski definition) is 0. The first-order chi connectivity index (χ1) is 13.4. The van der Waals surface area contributed by atoms with E-state index in [4.69, 9.17) is 4.74 Å². The summed E-state index contributed by atoms with van der Waals surface area (Å²) in [5, 5.41) is 0. The van der Waals surface area contributed by atoms with Gasteiger partial charge >= 0.3 is 12.1 Å². The average molecular weight is 419 g/mol. The van der Waals surface area contributed by atoms with E-state index < -0.39 is 27.5 Å². The van der Waals surface area contributed by atoms with Gasteiger partial charge in [0.15, 0.2) is 0 Å². The maximum Gasteiger partial charge on any atom is 0.415 e. The molecule has 0 saturated carbocycles. The van der Waals surface area contributed by atoms with Crippen LogP contribution in [-0.4, -0.2) is 39.7 Å². The predicted octanol–water partition coefficient (Wildman–Crippen LogP) is 3.74. The minimum atomic E-state index is -3.70. The number of hydrogen-bond acceptors (Lipinski definition) is 6. The van der Waals surface area contributed by atoms with Crippen LogP contribution < -0.4 is 4.90 Å². The van der Waals surface area contributed by atoms with Gasteiger partial charge in [-0.1, -0.05) is 17.7 Å². The maximum absolute atomic E-state index is 12.8. The summed E-state index contributed by atoms with van der Waals surface area (Å²) >= 11 is 0. The highest BCUT2D eigenvalue weighted by Crippen LogP contribution is 2.25. The second kappa shape index (κ2) is 8.65. The molecule has 0 bridgehead atoms. The standard InChI is InChI=1S/C21H25NO6S/c1-15-6-10-17(11-7-15)29(25,26)18-12-8-16(9-13-18)22(14-19(23)27-5)20(24)28-21(2,3)4/h6-13H,14H2,1-5H3. The fraction of sp³-hybridized carbons (Fsp3) is 0.333. The molecule has 156 valence electrons. The van der Waals surface area contributed by atoms with Gasteiger partial charge in [-0.05, 0) is 64.1 Å². The van der Waals surface area contributed by atoms with Gasteiger partial charge in [-0.3, -0.25) is 9.69 Å². The van der Waals surface area contributed by atoms with Crippen LogP contribution in [0.5, 0.6) is 0 Å². The van der Waals surface area contributed by atoms with Crippen molar-refractivity contribution < 1.29 is 27.5 Å². The van der Waals surface area contributed by atoms with Gasteiger partial charge < -0.3 is 9.47 Å². The summed E-state index contributed by atoms with van der Waals surface area (Å²) < 4.78 is 35.6. The van der Waals surface area contributed by atoms with Crippen molar-refractivity contribution in [1.82, 2.24) is 0 Å². The molecule has 0 saturated heterocycles. The number of esters is 1. The lowest BCUT2D eigenvalue weighted by Gasteiger charge is -2.26. The molecule has 2 aromatic rings. The van der Waals surface area contributed by atoms with Crippen molar-refractivity contribution in [2.45, 2.75) is 43.1 Å². The van der Waals surface area contributed by atoms with Gasteiger partial charge in [0.1, 0.15) is 12.1 Å². The van der Waals surface area contributed by atoms with Gasteiger partial charge in [0.25, 0.3) is 0 Å². The quantitative estimate of drug-likeness (QED) is 0.686. The molecule has 0 aliphatic rings. The van der Waals surface area contributed by atoms with Crippen molar-refractivity contribution in [3.8, 4) is 0 Å². The third-order valence-electron chi connectivity index (χ3n) is 3.92. The second-order valence-corrected chi connectivity index (χ2v) is 9.40. The molecular formula is C21H25NO6S. The number of aryl methyl sites for hydroxylation is 1. The summed E-state index contributed by atoms with van der Waals surface area (Å²) in [7, 11) is -2.49. The predicted molar refractivity (Wildman–Crippen MR) is 109 cm³/mol. The molecule has 0 heterocycles. The van der Waals surface area contributed by atoms with Crippen LogP contribution >= 0.6 is 0 Å². The molecule has 2 rings (SSSR count). The molecule has 0 aliphatic heterocycles. The number of carbonyl (C=O) groups is 2. The highest BCUT2D eigenvalue weighted by Gasteiger charge is 2.26. The first-order valence-corrected chi connectivity index (χ1v) is 10.4. The summed E-state index contributed by atoms with van der Waals surface area (Å²) in [5.41, 5.74) is 0.503. The average Bonchev–Trinajstić information content (AvgIpc) is 2.65.